The van der Waals surface area contributed by atoms with E-state index in [4.69, 9.17) is 0 Å². The van der Waals surface area contributed by atoms with Crippen LogP contribution in [0.5, 0.6) is 0 Å². The highest BCUT2D eigenvalue weighted by Gasteiger charge is 2.17. The number of halogens is 1. The first-order valence-electron chi connectivity index (χ1n) is 6.51. The molecule has 0 bridgehead atoms. The molecule has 0 aliphatic heterocycles. The van der Waals surface area contributed by atoms with Gasteiger partial charge in [-0.05, 0) is 35.7 Å². The molecule has 3 aromatic rings. The van der Waals surface area contributed by atoms with Crippen molar-refractivity contribution in [3.63, 3.8) is 0 Å². The van der Waals surface area contributed by atoms with Gasteiger partial charge < -0.3 is 4.98 Å². The van der Waals surface area contributed by atoms with Crippen LogP contribution in [0, 0.1) is 5.82 Å². The summed E-state index contributed by atoms with van der Waals surface area (Å²) in [4.78, 5) is 14.8. The van der Waals surface area contributed by atoms with Gasteiger partial charge in [0.25, 0.3) is 15.9 Å². The van der Waals surface area contributed by atoms with Crippen molar-refractivity contribution in [2.45, 2.75) is 4.21 Å². The Kier molecular flexibility index (Phi) is 4.01. The highest BCUT2D eigenvalue weighted by molar-refractivity contribution is 7.92. The van der Waals surface area contributed by atoms with Crippen molar-refractivity contribution >= 4 is 44.2 Å². The van der Waals surface area contributed by atoms with E-state index in [9.17, 15) is 17.6 Å². The van der Waals surface area contributed by atoms with E-state index >= 15 is 0 Å². The lowest BCUT2D eigenvalue weighted by atomic mass is 10.1. The second kappa shape index (κ2) is 5.98. The summed E-state index contributed by atoms with van der Waals surface area (Å²) in [5.74, 6) is -1.24. The Balaban J connectivity index is 1.82. The Morgan fingerprint density at radius 1 is 1.30 bits per heavy atom. The first kappa shape index (κ1) is 15.4. The highest BCUT2D eigenvalue weighted by Crippen LogP contribution is 2.20. The quantitative estimate of drug-likeness (QED) is 0.710. The molecule has 0 saturated heterocycles. The number of aromatic amines is 1. The molecular weight excluding hydrogens is 339 g/mol. The van der Waals surface area contributed by atoms with Gasteiger partial charge in [0.2, 0.25) is 0 Å². The molecule has 0 saturated carbocycles. The zero-order valence-corrected chi connectivity index (χ0v) is 13.2. The molecule has 1 aromatic carbocycles. The minimum Gasteiger partial charge on any atom is -0.361 e. The smallest absolute Gasteiger partial charge is 0.273 e. The number of benzene rings is 1. The van der Waals surface area contributed by atoms with E-state index in [1.807, 2.05) is 4.72 Å². The number of thiophene rings is 1. The van der Waals surface area contributed by atoms with Gasteiger partial charge in [-0.25, -0.2) is 17.5 Å². The monoisotopic (exact) mass is 350 g/mol. The fourth-order valence-corrected chi connectivity index (χ4v) is 4.03. The van der Waals surface area contributed by atoms with E-state index in [1.165, 1.54) is 24.3 Å². The number of nitrogens with one attached hydrogen (secondary N) is 2. The summed E-state index contributed by atoms with van der Waals surface area (Å²) in [7, 11) is -3.87. The molecule has 0 spiro atoms. The van der Waals surface area contributed by atoms with Crippen LogP contribution < -0.4 is 4.72 Å². The van der Waals surface area contributed by atoms with E-state index in [0.717, 1.165) is 17.4 Å². The Labute approximate surface area is 135 Å². The van der Waals surface area contributed by atoms with Gasteiger partial charge in [-0.2, -0.15) is 0 Å². The number of sulfonamides is 1. The Morgan fingerprint density at radius 3 is 2.87 bits per heavy atom. The molecule has 0 fully saturated rings. The number of fused-ring (bicyclic) bond motifs is 1. The van der Waals surface area contributed by atoms with E-state index in [-0.39, 0.29) is 4.21 Å². The Hall–Kier alpha value is -2.45. The minimum atomic E-state index is -3.87. The standard InChI is InChI=1S/C15H11FN2O3S2/c16-12-8-10(15-11(9-12)5-6-17-15)3-4-13(19)18-23(20,21)14-2-1-7-22-14/h1-9,17H,(H,18,19). The topological polar surface area (TPSA) is 79.0 Å². The molecule has 2 heterocycles. The lowest BCUT2D eigenvalue weighted by Gasteiger charge is -2.02. The molecule has 0 radical (unpaired) electrons. The third-order valence-corrected chi connectivity index (χ3v) is 5.81. The first-order chi connectivity index (χ1) is 11.0. The van der Waals surface area contributed by atoms with Crippen LogP contribution in [0.1, 0.15) is 5.56 Å². The SMILES string of the molecule is O=C(C=Cc1cc(F)cc2cc[nH]c12)NS(=O)(=O)c1cccs1. The molecule has 2 N–H and O–H groups in total. The lowest BCUT2D eigenvalue weighted by Crippen LogP contribution is -2.28. The lowest BCUT2D eigenvalue weighted by molar-refractivity contribution is -0.114. The molecule has 3 rings (SSSR count). The van der Waals surface area contributed by atoms with Crippen molar-refractivity contribution in [3.8, 4) is 0 Å². The number of hydrogen-bond acceptors (Lipinski definition) is 4. The van der Waals surface area contributed by atoms with Crippen molar-refractivity contribution in [3.05, 3.63) is 59.4 Å². The maximum atomic E-state index is 13.5. The third kappa shape index (κ3) is 3.33. The zero-order valence-electron chi connectivity index (χ0n) is 11.6. The predicted octanol–water partition coefficient (Wildman–Crippen LogP) is 2.89. The van der Waals surface area contributed by atoms with Crippen LogP contribution in [-0.4, -0.2) is 19.3 Å². The molecule has 5 nitrogen and oxygen atoms in total. The molecular formula is C15H11FN2O3S2. The highest BCUT2D eigenvalue weighted by atomic mass is 32.2. The second-order valence-corrected chi connectivity index (χ2v) is 7.53. The van der Waals surface area contributed by atoms with Gasteiger partial charge in [0.1, 0.15) is 10.0 Å². The third-order valence-electron chi connectivity index (χ3n) is 3.06. The summed E-state index contributed by atoms with van der Waals surface area (Å²) in [5.41, 5.74) is 1.12. The van der Waals surface area contributed by atoms with Gasteiger partial charge in [-0.3, -0.25) is 4.79 Å². The van der Waals surface area contributed by atoms with Gasteiger partial charge in [0.15, 0.2) is 0 Å². The summed E-state index contributed by atoms with van der Waals surface area (Å²) in [5, 5.41) is 2.26. The molecule has 0 aliphatic rings. The predicted molar refractivity (Wildman–Crippen MR) is 86.9 cm³/mol. The average Bonchev–Trinajstić information content (AvgIpc) is 3.15. The summed E-state index contributed by atoms with van der Waals surface area (Å²) in [6.07, 6.45) is 4.07. The summed E-state index contributed by atoms with van der Waals surface area (Å²) in [6, 6.07) is 7.31. The molecule has 1 amide bonds. The van der Waals surface area contributed by atoms with Crippen molar-refractivity contribution in [1.29, 1.82) is 0 Å². The van der Waals surface area contributed by atoms with Crippen molar-refractivity contribution in [2.24, 2.45) is 0 Å². The number of carbonyl (C=O) groups excluding carboxylic acids is 1. The maximum absolute atomic E-state index is 13.5. The Morgan fingerprint density at radius 2 is 2.13 bits per heavy atom. The summed E-state index contributed by atoms with van der Waals surface area (Å²) >= 11 is 1.01. The molecule has 8 heteroatoms. The van der Waals surface area contributed by atoms with Crippen LogP contribution in [0.4, 0.5) is 4.39 Å². The zero-order chi connectivity index (χ0) is 16.4. The molecule has 118 valence electrons. The van der Waals surface area contributed by atoms with Crippen LogP contribution in [0.25, 0.3) is 17.0 Å². The number of carbonyl (C=O) groups is 1. The normalized spacial score (nSPS) is 12.0. The molecule has 23 heavy (non-hydrogen) atoms. The van der Waals surface area contributed by atoms with Crippen molar-refractivity contribution in [2.75, 3.05) is 0 Å². The molecule has 0 atom stereocenters. The van der Waals surface area contributed by atoms with E-state index in [0.29, 0.717) is 16.5 Å². The van der Waals surface area contributed by atoms with Crippen LogP contribution in [0.15, 0.2) is 52.2 Å². The maximum Gasteiger partial charge on any atom is 0.273 e. The van der Waals surface area contributed by atoms with Crippen molar-refractivity contribution in [1.82, 2.24) is 9.71 Å². The molecule has 2 aromatic heterocycles. The summed E-state index contributed by atoms with van der Waals surface area (Å²) < 4.78 is 39.3. The van der Waals surface area contributed by atoms with Gasteiger partial charge in [-0.15, -0.1) is 11.3 Å². The number of amides is 1. The van der Waals surface area contributed by atoms with Crippen LogP contribution >= 0.6 is 11.3 Å². The molecule has 0 aliphatic carbocycles. The van der Waals surface area contributed by atoms with Gasteiger partial charge in [-0.1, -0.05) is 6.07 Å². The number of aromatic nitrogens is 1. The summed E-state index contributed by atoms with van der Waals surface area (Å²) in [6.45, 7) is 0. The number of hydrogen-bond donors (Lipinski definition) is 2. The van der Waals surface area contributed by atoms with Crippen LogP contribution in [0.3, 0.4) is 0 Å². The van der Waals surface area contributed by atoms with Crippen molar-refractivity contribution < 1.29 is 17.6 Å². The van der Waals surface area contributed by atoms with Crippen LogP contribution in [0.2, 0.25) is 0 Å². The largest absolute Gasteiger partial charge is 0.361 e. The van der Waals surface area contributed by atoms with Gasteiger partial charge in [0, 0.05) is 23.2 Å². The number of H-pyrrole nitrogens is 1. The van der Waals surface area contributed by atoms with E-state index in [1.54, 1.807) is 23.7 Å². The van der Waals surface area contributed by atoms with Crippen LogP contribution in [-0.2, 0) is 14.8 Å². The van der Waals surface area contributed by atoms with Gasteiger partial charge in [0.05, 0.1) is 5.52 Å². The minimum absolute atomic E-state index is 0.0526. The fourth-order valence-electron chi connectivity index (χ4n) is 2.09. The van der Waals surface area contributed by atoms with Gasteiger partial charge >= 0.3 is 0 Å². The molecule has 0 unspecified atom stereocenters. The first-order valence-corrected chi connectivity index (χ1v) is 8.87. The average molecular weight is 350 g/mol. The second-order valence-electron chi connectivity index (χ2n) is 4.67. The Bertz CT molecular complexity index is 989. The fraction of sp³-hybridized carbons (Fsp3) is 0. The number of rotatable bonds is 4. The van der Waals surface area contributed by atoms with E-state index in [2.05, 4.69) is 4.98 Å². The van der Waals surface area contributed by atoms with E-state index < -0.39 is 21.7 Å².